The second-order valence-corrected chi connectivity index (χ2v) is 5.65. The largest absolute Gasteiger partial charge is 0.330 e. The van der Waals surface area contributed by atoms with Crippen LogP contribution in [-0.2, 0) is 6.54 Å². The van der Waals surface area contributed by atoms with Gasteiger partial charge in [0, 0.05) is 24.9 Å². The molecule has 0 saturated heterocycles. The average molecular weight is 270 g/mol. The van der Waals surface area contributed by atoms with Gasteiger partial charge in [0.1, 0.15) is 5.82 Å². The third kappa shape index (κ3) is 4.22. The molecule has 0 aliphatic carbocycles. The highest BCUT2D eigenvalue weighted by Crippen LogP contribution is 2.21. The lowest BCUT2D eigenvalue weighted by molar-refractivity contribution is 0.542. The molecule has 0 bridgehead atoms. The van der Waals surface area contributed by atoms with Crippen molar-refractivity contribution in [3.8, 4) is 0 Å². The van der Waals surface area contributed by atoms with Crippen LogP contribution < -0.4 is 0 Å². The Balaban J connectivity index is 1.94. The number of nitrogens with zero attached hydrogens (tertiary/aromatic N) is 2. The monoisotopic (exact) mass is 270 g/mol. The number of imidazole rings is 1. The highest BCUT2D eigenvalue weighted by Gasteiger charge is 2.11. The number of aromatic nitrogens is 2. The summed E-state index contributed by atoms with van der Waals surface area (Å²) in [6.07, 6.45) is 10.6. The van der Waals surface area contributed by atoms with E-state index < -0.39 is 0 Å². The predicted octanol–water partition coefficient (Wildman–Crippen LogP) is 5.01. The number of rotatable bonds is 8. The number of benzene rings is 1. The van der Waals surface area contributed by atoms with Gasteiger partial charge in [-0.25, -0.2) is 4.98 Å². The fraction of sp³-hybridized carbons (Fsp3) is 0.500. The Labute approximate surface area is 122 Å². The van der Waals surface area contributed by atoms with E-state index in [0.717, 1.165) is 6.54 Å². The van der Waals surface area contributed by atoms with Crippen molar-refractivity contribution >= 4 is 0 Å². The Morgan fingerprint density at radius 3 is 2.65 bits per heavy atom. The van der Waals surface area contributed by atoms with Gasteiger partial charge in [0.25, 0.3) is 0 Å². The molecule has 0 aliphatic rings. The third-order valence-electron chi connectivity index (χ3n) is 3.87. The molecule has 0 radical (unpaired) electrons. The van der Waals surface area contributed by atoms with Crippen LogP contribution in [0.3, 0.4) is 0 Å². The maximum absolute atomic E-state index is 4.57. The molecule has 2 heteroatoms. The summed E-state index contributed by atoms with van der Waals surface area (Å²) in [7, 11) is 0. The van der Waals surface area contributed by atoms with E-state index in [1.807, 2.05) is 6.20 Å². The molecule has 2 aromatic rings. The SMILES string of the molecule is CCCCCCC(C)c1nccn1Cc1ccccc1. The standard InChI is InChI=1S/C18H26N2/c1-3-4-5-7-10-16(2)18-19-13-14-20(18)15-17-11-8-6-9-12-17/h6,8-9,11-14,16H,3-5,7,10,15H2,1-2H3. The second kappa shape index (κ2) is 7.88. The molecule has 0 saturated carbocycles. The molecule has 0 fully saturated rings. The summed E-state index contributed by atoms with van der Waals surface area (Å²) >= 11 is 0. The molecule has 108 valence electrons. The van der Waals surface area contributed by atoms with Crippen LogP contribution in [0.2, 0.25) is 0 Å². The first kappa shape index (κ1) is 14.8. The Morgan fingerprint density at radius 2 is 1.90 bits per heavy atom. The molecule has 1 aromatic carbocycles. The molecule has 20 heavy (non-hydrogen) atoms. The van der Waals surface area contributed by atoms with Crippen molar-refractivity contribution < 1.29 is 0 Å². The summed E-state index contributed by atoms with van der Waals surface area (Å²) in [5.74, 6) is 1.77. The van der Waals surface area contributed by atoms with E-state index in [9.17, 15) is 0 Å². The fourth-order valence-corrected chi connectivity index (χ4v) is 2.67. The molecule has 1 atom stereocenters. The predicted molar refractivity (Wildman–Crippen MR) is 84.9 cm³/mol. The molecule has 0 spiro atoms. The summed E-state index contributed by atoms with van der Waals surface area (Å²) in [6.45, 7) is 5.49. The van der Waals surface area contributed by atoms with Gasteiger partial charge in [-0.05, 0) is 12.0 Å². The Bertz CT molecular complexity index is 487. The van der Waals surface area contributed by atoms with Gasteiger partial charge >= 0.3 is 0 Å². The molecular weight excluding hydrogens is 244 g/mol. The van der Waals surface area contributed by atoms with Gasteiger partial charge in [-0.1, -0.05) is 69.9 Å². The molecule has 0 aliphatic heterocycles. The molecule has 2 rings (SSSR count). The van der Waals surface area contributed by atoms with Crippen molar-refractivity contribution in [1.29, 1.82) is 0 Å². The van der Waals surface area contributed by atoms with E-state index >= 15 is 0 Å². The lowest BCUT2D eigenvalue weighted by Gasteiger charge is -2.14. The smallest absolute Gasteiger partial charge is 0.111 e. The number of hydrogen-bond donors (Lipinski definition) is 0. The van der Waals surface area contributed by atoms with E-state index in [1.54, 1.807) is 0 Å². The maximum atomic E-state index is 4.57. The zero-order chi connectivity index (χ0) is 14.2. The van der Waals surface area contributed by atoms with Crippen LogP contribution in [0.4, 0.5) is 0 Å². The average Bonchev–Trinajstić information content (AvgIpc) is 2.93. The fourth-order valence-electron chi connectivity index (χ4n) is 2.67. The Kier molecular flexibility index (Phi) is 5.85. The van der Waals surface area contributed by atoms with Crippen LogP contribution in [0.1, 0.15) is 63.3 Å². The van der Waals surface area contributed by atoms with Gasteiger partial charge in [-0.3, -0.25) is 0 Å². The van der Waals surface area contributed by atoms with Crippen LogP contribution in [0, 0.1) is 0 Å². The molecule has 1 unspecified atom stereocenters. The van der Waals surface area contributed by atoms with Gasteiger partial charge < -0.3 is 4.57 Å². The lowest BCUT2D eigenvalue weighted by atomic mass is 10.0. The maximum Gasteiger partial charge on any atom is 0.111 e. The first-order valence-electron chi connectivity index (χ1n) is 7.86. The topological polar surface area (TPSA) is 17.8 Å². The van der Waals surface area contributed by atoms with E-state index in [-0.39, 0.29) is 0 Å². The molecular formula is C18H26N2. The van der Waals surface area contributed by atoms with E-state index in [4.69, 9.17) is 0 Å². The second-order valence-electron chi connectivity index (χ2n) is 5.65. The van der Waals surface area contributed by atoms with Crippen molar-refractivity contribution in [3.63, 3.8) is 0 Å². The summed E-state index contributed by atoms with van der Waals surface area (Å²) < 4.78 is 2.29. The van der Waals surface area contributed by atoms with Crippen molar-refractivity contribution in [2.24, 2.45) is 0 Å². The van der Waals surface area contributed by atoms with Gasteiger partial charge in [0.05, 0.1) is 0 Å². The van der Waals surface area contributed by atoms with Crippen molar-refractivity contribution in [1.82, 2.24) is 9.55 Å². The minimum Gasteiger partial charge on any atom is -0.330 e. The highest BCUT2D eigenvalue weighted by atomic mass is 15.1. The first-order valence-corrected chi connectivity index (χ1v) is 7.86. The highest BCUT2D eigenvalue weighted by molar-refractivity contribution is 5.16. The van der Waals surface area contributed by atoms with Gasteiger partial charge in [-0.15, -0.1) is 0 Å². The van der Waals surface area contributed by atoms with Crippen LogP contribution in [0.5, 0.6) is 0 Å². The summed E-state index contributed by atoms with van der Waals surface area (Å²) in [6, 6.07) is 10.6. The van der Waals surface area contributed by atoms with E-state index in [0.29, 0.717) is 5.92 Å². The zero-order valence-corrected chi connectivity index (χ0v) is 12.8. The lowest BCUT2D eigenvalue weighted by Crippen LogP contribution is -2.07. The number of unbranched alkanes of at least 4 members (excludes halogenated alkanes) is 3. The van der Waals surface area contributed by atoms with E-state index in [2.05, 4.69) is 59.9 Å². The molecule has 1 heterocycles. The van der Waals surface area contributed by atoms with Gasteiger partial charge in [0.2, 0.25) is 0 Å². The minimum absolute atomic E-state index is 0.547. The first-order chi connectivity index (χ1) is 9.81. The normalized spacial score (nSPS) is 12.5. The minimum atomic E-state index is 0.547. The van der Waals surface area contributed by atoms with Crippen molar-refractivity contribution in [2.75, 3.05) is 0 Å². The van der Waals surface area contributed by atoms with Gasteiger partial charge in [-0.2, -0.15) is 0 Å². The van der Waals surface area contributed by atoms with Crippen LogP contribution in [-0.4, -0.2) is 9.55 Å². The zero-order valence-electron chi connectivity index (χ0n) is 12.8. The van der Waals surface area contributed by atoms with Crippen LogP contribution in [0.25, 0.3) is 0 Å². The summed E-state index contributed by atoms with van der Waals surface area (Å²) in [4.78, 5) is 4.57. The molecule has 0 amide bonds. The van der Waals surface area contributed by atoms with Gasteiger partial charge in [0.15, 0.2) is 0 Å². The Hall–Kier alpha value is -1.57. The quantitative estimate of drug-likeness (QED) is 0.617. The van der Waals surface area contributed by atoms with E-state index in [1.165, 1.54) is 43.5 Å². The van der Waals surface area contributed by atoms with Crippen LogP contribution in [0.15, 0.2) is 42.7 Å². The molecule has 0 N–H and O–H groups in total. The van der Waals surface area contributed by atoms with Crippen molar-refractivity contribution in [3.05, 3.63) is 54.1 Å². The molecule has 2 nitrogen and oxygen atoms in total. The van der Waals surface area contributed by atoms with Crippen LogP contribution >= 0.6 is 0 Å². The van der Waals surface area contributed by atoms with Crippen molar-refractivity contribution in [2.45, 2.75) is 58.4 Å². The Morgan fingerprint density at radius 1 is 1.10 bits per heavy atom. The number of hydrogen-bond acceptors (Lipinski definition) is 1. The third-order valence-corrected chi connectivity index (χ3v) is 3.87. The summed E-state index contributed by atoms with van der Waals surface area (Å²) in [5.41, 5.74) is 1.34. The summed E-state index contributed by atoms with van der Waals surface area (Å²) in [5, 5.41) is 0. The molecule has 1 aromatic heterocycles.